The first-order chi connectivity index (χ1) is 11.5. The van der Waals surface area contributed by atoms with E-state index < -0.39 is 0 Å². The summed E-state index contributed by atoms with van der Waals surface area (Å²) in [4.78, 5) is 28.0. The molecular weight excluding hydrogens is 308 g/mol. The molecule has 0 aromatic carbocycles. The van der Waals surface area contributed by atoms with Crippen molar-refractivity contribution >= 4 is 11.8 Å². The fourth-order valence-electron chi connectivity index (χ4n) is 2.26. The number of hydrogen-bond donors (Lipinski definition) is 2. The largest absolute Gasteiger partial charge is 0.354 e. The van der Waals surface area contributed by atoms with Crippen LogP contribution in [0.2, 0.25) is 0 Å². The lowest BCUT2D eigenvalue weighted by molar-refractivity contribution is -0.124. The van der Waals surface area contributed by atoms with Crippen molar-refractivity contribution in [3.05, 3.63) is 36.7 Å². The van der Waals surface area contributed by atoms with Crippen molar-refractivity contribution in [1.29, 1.82) is 0 Å². The molecule has 2 amide bonds. The smallest absolute Gasteiger partial charge is 0.244 e. The Kier molecular flexibility index (Phi) is 6.11. The molecule has 24 heavy (non-hydrogen) atoms. The predicted molar refractivity (Wildman–Crippen MR) is 89.1 cm³/mol. The summed E-state index contributed by atoms with van der Waals surface area (Å²) in [7, 11) is 0. The minimum atomic E-state index is -0.360. The molecule has 0 saturated carbocycles. The van der Waals surface area contributed by atoms with Crippen molar-refractivity contribution in [2.24, 2.45) is 0 Å². The van der Waals surface area contributed by atoms with Crippen LogP contribution in [0.4, 0.5) is 0 Å². The van der Waals surface area contributed by atoms with E-state index in [-0.39, 0.29) is 30.4 Å². The van der Waals surface area contributed by atoms with E-state index in [1.807, 2.05) is 13.8 Å². The molecule has 0 aliphatic carbocycles. The Hall–Kier alpha value is -2.64. The Morgan fingerprint density at radius 1 is 1.33 bits per heavy atom. The van der Waals surface area contributed by atoms with Crippen molar-refractivity contribution in [3.8, 4) is 0 Å². The number of nitrogens with zero attached hydrogens (tertiary/aromatic N) is 4. The number of imidazole rings is 1. The fourth-order valence-corrected chi connectivity index (χ4v) is 2.26. The van der Waals surface area contributed by atoms with Gasteiger partial charge in [-0.2, -0.15) is 5.10 Å². The summed E-state index contributed by atoms with van der Waals surface area (Å²) in [5, 5.41) is 9.85. The van der Waals surface area contributed by atoms with Crippen molar-refractivity contribution in [1.82, 2.24) is 30.0 Å². The molecule has 0 bridgehead atoms. The van der Waals surface area contributed by atoms with E-state index >= 15 is 0 Å². The SMILES string of the molecule is Cc1cncn1CC(=O)NCC[C@H](C)NC(=O)C(C)n1cccn1. The maximum atomic E-state index is 12.1. The first-order valence-electron chi connectivity index (χ1n) is 8.00. The van der Waals surface area contributed by atoms with Gasteiger partial charge in [0.15, 0.2) is 0 Å². The van der Waals surface area contributed by atoms with Gasteiger partial charge in [0.05, 0.1) is 6.33 Å². The Labute approximate surface area is 141 Å². The van der Waals surface area contributed by atoms with Crippen LogP contribution in [0.3, 0.4) is 0 Å². The molecule has 0 fully saturated rings. The van der Waals surface area contributed by atoms with Gasteiger partial charge in [-0.05, 0) is 33.3 Å². The van der Waals surface area contributed by atoms with Crippen LogP contribution in [0.25, 0.3) is 0 Å². The van der Waals surface area contributed by atoms with Crippen molar-refractivity contribution in [2.75, 3.05) is 6.54 Å². The summed E-state index contributed by atoms with van der Waals surface area (Å²) in [6.07, 6.45) is 7.41. The number of carbonyl (C=O) groups is 2. The second-order valence-electron chi connectivity index (χ2n) is 5.87. The van der Waals surface area contributed by atoms with Crippen LogP contribution in [-0.2, 0) is 16.1 Å². The average Bonchev–Trinajstić information content (AvgIpc) is 3.19. The van der Waals surface area contributed by atoms with E-state index in [9.17, 15) is 9.59 Å². The van der Waals surface area contributed by atoms with Crippen molar-refractivity contribution in [2.45, 2.75) is 45.8 Å². The van der Waals surface area contributed by atoms with Crippen LogP contribution >= 0.6 is 0 Å². The van der Waals surface area contributed by atoms with E-state index in [1.165, 1.54) is 0 Å². The molecule has 2 N–H and O–H groups in total. The molecule has 1 unspecified atom stereocenters. The van der Waals surface area contributed by atoms with Gasteiger partial charge in [0.2, 0.25) is 11.8 Å². The molecule has 2 aromatic rings. The third kappa shape index (κ3) is 4.94. The quantitative estimate of drug-likeness (QED) is 0.742. The molecule has 2 aromatic heterocycles. The molecule has 2 atom stereocenters. The Morgan fingerprint density at radius 2 is 2.12 bits per heavy atom. The lowest BCUT2D eigenvalue weighted by Gasteiger charge is -2.18. The van der Waals surface area contributed by atoms with Crippen molar-refractivity contribution < 1.29 is 9.59 Å². The number of amides is 2. The minimum absolute atomic E-state index is 0.0363. The van der Waals surface area contributed by atoms with E-state index in [1.54, 1.807) is 47.2 Å². The van der Waals surface area contributed by atoms with Crippen LogP contribution in [0.5, 0.6) is 0 Å². The zero-order valence-corrected chi connectivity index (χ0v) is 14.3. The molecule has 0 spiro atoms. The molecule has 0 aliphatic rings. The van der Waals surface area contributed by atoms with Gasteiger partial charge in [-0.1, -0.05) is 0 Å². The number of aryl methyl sites for hydroxylation is 1. The van der Waals surface area contributed by atoms with E-state index in [0.717, 1.165) is 5.69 Å². The molecule has 2 rings (SSSR count). The van der Waals surface area contributed by atoms with Crippen LogP contribution in [0.1, 0.15) is 32.0 Å². The number of carbonyl (C=O) groups excluding carboxylic acids is 2. The Morgan fingerprint density at radius 3 is 2.75 bits per heavy atom. The molecular formula is C16H24N6O2. The van der Waals surface area contributed by atoms with Crippen LogP contribution in [-0.4, -0.2) is 43.7 Å². The summed E-state index contributed by atoms with van der Waals surface area (Å²) < 4.78 is 3.39. The molecule has 8 nitrogen and oxygen atoms in total. The van der Waals surface area contributed by atoms with Gasteiger partial charge in [0, 0.05) is 36.9 Å². The first-order valence-corrected chi connectivity index (χ1v) is 8.00. The van der Waals surface area contributed by atoms with Crippen LogP contribution in [0, 0.1) is 6.92 Å². The summed E-state index contributed by atoms with van der Waals surface area (Å²) in [6, 6.07) is 1.39. The van der Waals surface area contributed by atoms with E-state index in [4.69, 9.17) is 0 Å². The Balaban J connectivity index is 1.67. The molecule has 0 radical (unpaired) electrons. The Bertz CT molecular complexity index is 664. The second-order valence-corrected chi connectivity index (χ2v) is 5.87. The van der Waals surface area contributed by atoms with E-state index in [2.05, 4.69) is 20.7 Å². The fraction of sp³-hybridized carbons (Fsp3) is 0.500. The highest BCUT2D eigenvalue weighted by Crippen LogP contribution is 2.04. The standard InChI is InChI=1S/C16H24N6O2/c1-12(20-16(24)14(3)22-8-4-6-19-22)5-7-18-15(23)10-21-11-17-9-13(21)2/h4,6,8-9,11-12,14H,5,7,10H2,1-3H3,(H,18,23)(H,20,24)/t12-,14?/m0/s1. The molecule has 8 heteroatoms. The van der Waals surface area contributed by atoms with Crippen LogP contribution in [0.15, 0.2) is 31.0 Å². The highest BCUT2D eigenvalue weighted by Gasteiger charge is 2.17. The molecule has 2 heterocycles. The normalized spacial score (nSPS) is 13.3. The summed E-state index contributed by atoms with van der Waals surface area (Å²) in [5.74, 6) is -0.161. The van der Waals surface area contributed by atoms with Gasteiger partial charge in [-0.3, -0.25) is 14.3 Å². The van der Waals surface area contributed by atoms with Gasteiger partial charge >= 0.3 is 0 Å². The van der Waals surface area contributed by atoms with Gasteiger partial charge in [-0.25, -0.2) is 4.98 Å². The van der Waals surface area contributed by atoms with Gasteiger partial charge in [0.1, 0.15) is 12.6 Å². The first kappa shape index (κ1) is 17.7. The number of rotatable bonds is 8. The molecule has 130 valence electrons. The highest BCUT2D eigenvalue weighted by atomic mass is 16.2. The van der Waals surface area contributed by atoms with Crippen molar-refractivity contribution in [3.63, 3.8) is 0 Å². The zero-order valence-electron chi connectivity index (χ0n) is 14.3. The van der Waals surface area contributed by atoms with Crippen LogP contribution < -0.4 is 10.6 Å². The van der Waals surface area contributed by atoms with Gasteiger partial charge in [-0.15, -0.1) is 0 Å². The third-order valence-corrected chi connectivity index (χ3v) is 3.82. The second kappa shape index (κ2) is 8.28. The lowest BCUT2D eigenvalue weighted by Crippen LogP contribution is -2.39. The van der Waals surface area contributed by atoms with Gasteiger partial charge < -0.3 is 15.2 Å². The molecule has 0 aliphatic heterocycles. The minimum Gasteiger partial charge on any atom is -0.354 e. The molecule has 0 saturated heterocycles. The predicted octanol–water partition coefficient (Wildman–Crippen LogP) is 0.660. The topological polar surface area (TPSA) is 93.8 Å². The monoisotopic (exact) mass is 332 g/mol. The zero-order chi connectivity index (χ0) is 17.5. The number of hydrogen-bond acceptors (Lipinski definition) is 4. The summed E-state index contributed by atoms with van der Waals surface area (Å²) in [5.41, 5.74) is 0.943. The summed E-state index contributed by atoms with van der Waals surface area (Å²) in [6.45, 7) is 6.37. The summed E-state index contributed by atoms with van der Waals surface area (Å²) >= 11 is 0. The maximum absolute atomic E-state index is 12.1. The number of nitrogens with one attached hydrogen (secondary N) is 2. The highest BCUT2D eigenvalue weighted by molar-refractivity contribution is 5.80. The average molecular weight is 332 g/mol. The maximum Gasteiger partial charge on any atom is 0.244 e. The van der Waals surface area contributed by atoms with E-state index in [0.29, 0.717) is 13.0 Å². The number of aromatic nitrogens is 4. The lowest BCUT2D eigenvalue weighted by atomic mass is 10.2. The third-order valence-electron chi connectivity index (χ3n) is 3.82. The van der Waals surface area contributed by atoms with Gasteiger partial charge in [0.25, 0.3) is 0 Å².